The van der Waals surface area contributed by atoms with Crippen LogP contribution in [0.3, 0.4) is 0 Å². The Morgan fingerprint density at radius 3 is 2.74 bits per heavy atom. The van der Waals surface area contributed by atoms with Crippen molar-refractivity contribution in [2.24, 2.45) is 0 Å². The fourth-order valence-electron chi connectivity index (χ4n) is 4.92. The summed E-state index contributed by atoms with van der Waals surface area (Å²) in [4.78, 5) is 19.2. The lowest BCUT2D eigenvalue weighted by atomic mass is 9.86. The molecule has 0 N–H and O–H groups in total. The van der Waals surface area contributed by atoms with Gasteiger partial charge in [-0.3, -0.25) is 14.6 Å². The molecule has 2 fully saturated rings. The van der Waals surface area contributed by atoms with E-state index in [9.17, 15) is 4.79 Å². The molecule has 4 rings (SSSR count). The maximum absolute atomic E-state index is 12.2. The Morgan fingerprint density at radius 2 is 1.93 bits per heavy atom. The molecule has 2 aliphatic heterocycles. The number of rotatable bonds is 3. The summed E-state index contributed by atoms with van der Waals surface area (Å²) in [6.45, 7) is 8.27. The topological polar surface area (TPSA) is 31.7 Å². The molecule has 2 saturated heterocycles. The maximum Gasteiger partial charge on any atom is 0.222 e. The maximum atomic E-state index is 12.2. The average molecular weight is 369 g/mol. The number of piperazine rings is 1. The van der Waals surface area contributed by atoms with Gasteiger partial charge in [0.15, 0.2) is 0 Å². The SMILES string of the molecule is CCn1ccc2c(CN3CCN(C)[C@]4(CCC(=O)N(C)CC4)C3)cccc21. The Bertz CT molecular complexity index is 829. The van der Waals surface area contributed by atoms with Gasteiger partial charge in [0.1, 0.15) is 0 Å². The van der Waals surface area contributed by atoms with Gasteiger partial charge < -0.3 is 9.47 Å². The Balaban J connectivity index is 1.55. The van der Waals surface area contributed by atoms with Gasteiger partial charge in [-0.25, -0.2) is 0 Å². The highest BCUT2D eigenvalue weighted by atomic mass is 16.2. The first-order valence-electron chi connectivity index (χ1n) is 10.3. The van der Waals surface area contributed by atoms with E-state index in [1.54, 1.807) is 0 Å². The fourth-order valence-corrected chi connectivity index (χ4v) is 4.92. The minimum atomic E-state index is 0.127. The second-order valence-corrected chi connectivity index (χ2v) is 8.37. The first-order chi connectivity index (χ1) is 13.0. The van der Waals surface area contributed by atoms with Crippen molar-refractivity contribution in [1.29, 1.82) is 0 Å². The van der Waals surface area contributed by atoms with E-state index in [0.717, 1.165) is 52.1 Å². The third-order valence-corrected chi connectivity index (χ3v) is 6.86. The van der Waals surface area contributed by atoms with E-state index in [0.29, 0.717) is 12.3 Å². The molecule has 1 spiro atoms. The number of likely N-dealkylation sites (tertiary alicyclic amines) is 1. The monoisotopic (exact) mass is 368 g/mol. The van der Waals surface area contributed by atoms with E-state index < -0.39 is 0 Å². The molecule has 5 nitrogen and oxygen atoms in total. The van der Waals surface area contributed by atoms with Crippen molar-refractivity contribution in [1.82, 2.24) is 19.3 Å². The Kier molecular flexibility index (Phi) is 4.99. The third kappa shape index (κ3) is 3.39. The predicted molar refractivity (Wildman–Crippen MR) is 110 cm³/mol. The van der Waals surface area contributed by atoms with Gasteiger partial charge in [-0.15, -0.1) is 0 Å². The average Bonchev–Trinajstić information content (AvgIpc) is 3.05. The molecule has 1 aromatic heterocycles. The molecular weight excluding hydrogens is 336 g/mol. The van der Waals surface area contributed by atoms with Crippen LogP contribution in [0.25, 0.3) is 10.9 Å². The summed E-state index contributed by atoms with van der Waals surface area (Å²) in [6, 6.07) is 8.95. The minimum Gasteiger partial charge on any atom is -0.348 e. The molecular formula is C22H32N4O. The molecule has 1 atom stereocenters. The molecule has 0 saturated carbocycles. The number of aryl methyl sites for hydroxylation is 1. The number of amides is 1. The molecule has 2 aromatic rings. The van der Waals surface area contributed by atoms with E-state index in [2.05, 4.69) is 58.8 Å². The van der Waals surface area contributed by atoms with Crippen LogP contribution in [0, 0.1) is 0 Å². The first kappa shape index (κ1) is 18.5. The van der Waals surface area contributed by atoms with Gasteiger partial charge in [0, 0.05) is 75.4 Å². The van der Waals surface area contributed by atoms with Crippen LogP contribution in [0.4, 0.5) is 0 Å². The van der Waals surface area contributed by atoms with Crippen LogP contribution in [0.2, 0.25) is 0 Å². The molecule has 5 heteroatoms. The van der Waals surface area contributed by atoms with Gasteiger partial charge in [-0.1, -0.05) is 12.1 Å². The summed E-state index contributed by atoms with van der Waals surface area (Å²) >= 11 is 0. The van der Waals surface area contributed by atoms with Crippen LogP contribution < -0.4 is 0 Å². The zero-order valence-corrected chi connectivity index (χ0v) is 16.9. The van der Waals surface area contributed by atoms with Crippen LogP contribution in [-0.2, 0) is 17.9 Å². The van der Waals surface area contributed by atoms with Gasteiger partial charge in [0.2, 0.25) is 5.91 Å². The van der Waals surface area contributed by atoms with Gasteiger partial charge in [-0.2, -0.15) is 0 Å². The van der Waals surface area contributed by atoms with E-state index in [4.69, 9.17) is 0 Å². The van der Waals surface area contributed by atoms with Crippen LogP contribution in [0.1, 0.15) is 31.7 Å². The van der Waals surface area contributed by atoms with Gasteiger partial charge >= 0.3 is 0 Å². The highest BCUT2D eigenvalue weighted by molar-refractivity contribution is 5.83. The summed E-state index contributed by atoms with van der Waals surface area (Å²) < 4.78 is 2.32. The summed E-state index contributed by atoms with van der Waals surface area (Å²) in [5.41, 5.74) is 2.88. The molecule has 2 aliphatic rings. The third-order valence-electron chi connectivity index (χ3n) is 6.86. The molecule has 0 unspecified atom stereocenters. The number of benzene rings is 1. The van der Waals surface area contributed by atoms with Crippen molar-refractivity contribution >= 4 is 16.8 Å². The van der Waals surface area contributed by atoms with E-state index >= 15 is 0 Å². The number of hydrogen-bond acceptors (Lipinski definition) is 3. The zero-order chi connectivity index (χ0) is 19.0. The van der Waals surface area contributed by atoms with E-state index in [1.807, 2.05) is 11.9 Å². The quantitative estimate of drug-likeness (QED) is 0.835. The van der Waals surface area contributed by atoms with E-state index in [-0.39, 0.29) is 5.54 Å². The number of nitrogens with zero attached hydrogens (tertiary/aromatic N) is 4. The smallest absolute Gasteiger partial charge is 0.222 e. The standard InChI is InChI=1S/C22H32N4O/c1-4-26-12-9-19-18(6-5-7-20(19)26)16-25-15-14-24(3)22(17-25)10-8-21(27)23(2)13-11-22/h5-7,9,12H,4,8,10-11,13-17H2,1-3H3/t22-/m0/s1. The number of carbonyl (C=O) groups excluding carboxylic acids is 1. The highest BCUT2D eigenvalue weighted by Crippen LogP contribution is 2.33. The number of aromatic nitrogens is 1. The minimum absolute atomic E-state index is 0.127. The first-order valence-corrected chi connectivity index (χ1v) is 10.3. The number of fused-ring (bicyclic) bond motifs is 1. The molecule has 0 radical (unpaired) electrons. The largest absolute Gasteiger partial charge is 0.348 e. The van der Waals surface area contributed by atoms with Crippen molar-refractivity contribution in [2.45, 2.75) is 44.8 Å². The van der Waals surface area contributed by atoms with Gasteiger partial charge in [0.25, 0.3) is 0 Å². The molecule has 1 amide bonds. The van der Waals surface area contributed by atoms with Crippen LogP contribution in [-0.4, -0.2) is 71.0 Å². The Hall–Kier alpha value is -1.85. The Labute approximate surface area is 162 Å². The summed E-state index contributed by atoms with van der Waals surface area (Å²) in [7, 11) is 4.19. The fraction of sp³-hybridized carbons (Fsp3) is 0.591. The van der Waals surface area contributed by atoms with Gasteiger partial charge in [-0.05, 0) is 44.5 Å². The second-order valence-electron chi connectivity index (χ2n) is 8.37. The lowest BCUT2D eigenvalue weighted by Crippen LogP contribution is -2.60. The highest BCUT2D eigenvalue weighted by Gasteiger charge is 2.41. The van der Waals surface area contributed by atoms with Crippen LogP contribution in [0.15, 0.2) is 30.5 Å². The summed E-state index contributed by atoms with van der Waals surface area (Å²) in [6.07, 6.45) is 4.91. The number of hydrogen-bond donors (Lipinski definition) is 0. The van der Waals surface area contributed by atoms with Crippen molar-refractivity contribution in [2.75, 3.05) is 40.3 Å². The van der Waals surface area contributed by atoms with Crippen molar-refractivity contribution in [3.8, 4) is 0 Å². The van der Waals surface area contributed by atoms with Crippen LogP contribution in [0.5, 0.6) is 0 Å². The van der Waals surface area contributed by atoms with Crippen molar-refractivity contribution < 1.29 is 4.79 Å². The molecule has 0 aliphatic carbocycles. The number of carbonyl (C=O) groups is 1. The lowest BCUT2D eigenvalue weighted by molar-refractivity contribution is -0.129. The van der Waals surface area contributed by atoms with E-state index in [1.165, 1.54) is 16.5 Å². The second kappa shape index (κ2) is 7.28. The molecule has 3 heterocycles. The summed E-state index contributed by atoms with van der Waals surface area (Å²) in [5, 5.41) is 1.38. The predicted octanol–water partition coefficient (Wildman–Crippen LogP) is 2.79. The van der Waals surface area contributed by atoms with Gasteiger partial charge in [0.05, 0.1) is 0 Å². The zero-order valence-electron chi connectivity index (χ0n) is 16.9. The van der Waals surface area contributed by atoms with Crippen molar-refractivity contribution in [3.63, 3.8) is 0 Å². The lowest BCUT2D eigenvalue weighted by Gasteiger charge is -2.49. The molecule has 1 aromatic carbocycles. The van der Waals surface area contributed by atoms with Crippen LogP contribution >= 0.6 is 0 Å². The summed E-state index contributed by atoms with van der Waals surface area (Å²) in [5.74, 6) is 0.295. The molecule has 146 valence electrons. The molecule has 27 heavy (non-hydrogen) atoms. The Morgan fingerprint density at radius 1 is 1.07 bits per heavy atom. The van der Waals surface area contributed by atoms with Crippen molar-refractivity contribution in [3.05, 3.63) is 36.0 Å². The number of likely N-dealkylation sites (N-methyl/N-ethyl adjacent to an activating group) is 1. The molecule has 0 bridgehead atoms. The normalized spacial score (nSPS) is 25.4.